The molecule has 1 nitrogen and oxygen atoms in total. The van der Waals surface area contributed by atoms with Gasteiger partial charge in [0.1, 0.15) is 0 Å². The van der Waals surface area contributed by atoms with Crippen molar-refractivity contribution < 1.29 is 0 Å². The van der Waals surface area contributed by atoms with Crippen LogP contribution in [-0.4, -0.2) is 4.57 Å². The van der Waals surface area contributed by atoms with Crippen LogP contribution in [0.5, 0.6) is 0 Å². The first-order chi connectivity index (χ1) is 7.29. The number of benzene rings is 2. The van der Waals surface area contributed by atoms with E-state index in [-0.39, 0.29) is 0 Å². The van der Waals surface area contributed by atoms with Crippen molar-refractivity contribution in [1.82, 2.24) is 4.57 Å². The normalized spacial score (nSPS) is 11.3. The van der Waals surface area contributed by atoms with E-state index in [1.54, 1.807) is 0 Å². The third-order valence-corrected chi connectivity index (χ3v) is 3.15. The first-order valence-electron chi connectivity index (χ1n) is 5.22. The maximum atomic E-state index is 2.26. The molecule has 1 heteroatoms. The van der Waals surface area contributed by atoms with Crippen LogP contribution in [0.15, 0.2) is 42.5 Å². The predicted octanol–water partition coefficient (Wildman–Crippen LogP) is 3.64. The fraction of sp³-hybridized carbons (Fsp3) is 0.143. The molecule has 2 aromatic carbocycles. The maximum absolute atomic E-state index is 2.26. The highest BCUT2D eigenvalue weighted by Crippen LogP contribution is 2.29. The van der Waals surface area contributed by atoms with Crippen molar-refractivity contribution in [2.45, 2.75) is 6.92 Å². The van der Waals surface area contributed by atoms with Crippen molar-refractivity contribution in [3.05, 3.63) is 48.0 Å². The summed E-state index contributed by atoms with van der Waals surface area (Å²) in [7, 11) is 2.13. The maximum Gasteiger partial charge on any atom is 0.0491 e. The van der Waals surface area contributed by atoms with Gasteiger partial charge in [-0.1, -0.05) is 30.3 Å². The Morgan fingerprint density at radius 2 is 1.60 bits per heavy atom. The molecule has 1 heterocycles. The Labute approximate surface area is 88.9 Å². The number of aromatic nitrogens is 1. The zero-order chi connectivity index (χ0) is 10.4. The summed E-state index contributed by atoms with van der Waals surface area (Å²) in [6.45, 7) is 2.18. The molecule has 3 aromatic rings. The molecule has 0 saturated heterocycles. The largest absolute Gasteiger partial charge is 0.344 e. The molecule has 0 aliphatic heterocycles. The van der Waals surface area contributed by atoms with Crippen molar-refractivity contribution in [2.24, 2.45) is 7.05 Å². The summed E-state index contributed by atoms with van der Waals surface area (Å²) in [5.41, 5.74) is 3.97. The molecule has 0 bridgehead atoms. The van der Waals surface area contributed by atoms with Gasteiger partial charge in [0.05, 0.1) is 0 Å². The van der Waals surface area contributed by atoms with Crippen molar-refractivity contribution in [3.8, 4) is 0 Å². The smallest absolute Gasteiger partial charge is 0.0491 e. The third kappa shape index (κ3) is 1.03. The van der Waals surface area contributed by atoms with Crippen molar-refractivity contribution in [3.63, 3.8) is 0 Å². The zero-order valence-corrected chi connectivity index (χ0v) is 8.99. The number of hydrogen-bond donors (Lipinski definition) is 0. The van der Waals surface area contributed by atoms with Crippen LogP contribution >= 0.6 is 0 Å². The lowest BCUT2D eigenvalue weighted by Gasteiger charge is -1.97. The van der Waals surface area contributed by atoms with Gasteiger partial charge in [0.25, 0.3) is 0 Å². The van der Waals surface area contributed by atoms with Crippen LogP contribution in [0, 0.1) is 6.92 Å². The van der Waals surface area contributed by atoms with E-state index in [9.17, 15) is 0 Å². The molecule has 74 valence electrons. The van der Waals surface area contributed by atoms with Crippen LogP contribution in [0.4, 0.5) is 0 Å². The molecule has 0 fully saturated rings. The van der Waals surface area contributed by atoms with Crippen LogP contribution in [0.3, 0.4) is 0 Å². The second-order valence-corrected chi connectivity index (χ2v) is 4.05. The van der Waals surface area contributed by atoms with Gasteiger partial charge in [-0.25, -0.2) is 0 Å². The van der Waals surface area contributed by atoms with Gasteiger partial charge in [-0.2, -0.15) is 0 Å². The van der Waals surface area contributed by atoms with Crippen LogP contribution in [0.1, 0.15) is 5.56 Å². The predicted molar refractivity (Wildman–Crippen MR) is 65.2 cm³/mol. The highest BCUT2D eigenvalue weighted by Gasteiger charge is 2.07. The van der Waals surface area contributed by atoms with Gasteiger partial charge in [0.15, 0.2) is 0 Å². The van der Waals surface area contributed by atoms with E-state index in [0.29, 0.717) is 0 Å². The van der Waals surface area contributed by atoms with Crippen LogP contribution in [0.2, 0.25) is 0 Å². The monoisotopic (exact) mass is 195 g/mol. The van der Waals surface area contributed by atoms with Gasteiger partial charge in [0, 0.05) is 28.9 Å². The van der Waals surface area contributed by atoms with Crippen molar-refractivity contribution >= 4 is 21.8 Å². The first-order valence-corrected chi connectivity index (χ1v) is 5.22. The fourth-order valence-corrected chi connectivity index (χ4v) is 2.39. The Balaban J connectivity index is 2.70. The van der Waals surface area contributed by atoms with Gasteiger partial charge < -0.3 is 4.57 Å². The van der Waals surface area contributed by atoms with Gasteiger partial charge in [0.2, 0.25) is 0 Å². The highest BCUT2D eigenvalue weighted by atomic mass is 14.9. The number of nitrogens with zero attached hydrogens (tertiary/aromatic N) is 1. The Kier molecular flexibility index (Phi) is 1.63. The molecule has 0 atom stereocenters. The first kappa shape index (κ1) is 8.54. The quantitative estimate of drug-likeness (QED) is 0.516. The van der Waals surface area contributed by atoms with Crippen molar-refractivity contribution in [1.29, 1.82) is 0 Å². The molecule has 0 saturated carbocycles. The second-order valence-electron chi connectivity index (χ2n) is 4.05. The summed E-state index contributed by atoms with van der Waals surface area (Å²) >= 11 is 0. The minimum atomic E-state index is 1.31. The van der Waals surface area contributed by atoms with E-state index in [2.05, 4.69) is 61.0 Å². The highest BCUT2D eigenvalue weighted by molar-refractivity contribution is 6.09. The Bertz CT molecular complexity index is 647. The van der Waals surface area contributed by atoms with Gasteiger partial charge in [-0.15, -0.1) is 0 Å². The summed E-state index contributed by atoms with van der Waals surface area (Å²) in [5, 5.41) is 2.74. The van der Waals surface area contributed by atoms with Crippen molar-refractivity contribution in [2.75, 3.05) is 0 Å². The average Bonchev–Trinajstić information content (AvgIpc) is 2.55. The standard InChI is InChI=1S/C14H13N/c1-10-6-5-9-13-14(10)11-7-3-4-8-12(11)15(13)2/h3-9H,1-2H3. The van der Waals surface area contributed by atoms with Gasteiger partial charge >= 0.3 is 0 Å². The number of hydrogen-bond acceptors (Lipinski definition) is 0. The van der Waals surface area contributed by atoms with Crippen LogP contribution < -0.4 is 0 Å². The third-order valence-electron chi connectivity index (χ3n) is 3.15. The number of para-hydroxylation sites is 1. The molecule has 0 radical (unpaired) electrons. The number of aryl methyl sites for hydroxylation is 2. The molecular weight excluding hydrogens is 182 g/mol. The summed E-state index contributed by atoms with van der Waals surface area (Å²) in [4.78, 5) is 0. The molecular formula is C14H13N. The molecule has 3 rings (SSSR count). The minimum Gasteiger partial charge on any atom is -0.344 e. The van der Waals surface area contributed by atoms with E-state index in [1.165, 1.54) is 27.4 Å². The van der Waals surface area contributed by atoms with E-state index < -0.39 is 0 Å². The molecule has 0 aliphatic rings. The molecule has 1 aromatic heterocycles. The number of fused-ring (bicyclic) bond motifs is 3. The van der Waals surface area contributed by atoms with Gasteiger partial charge in [-0.3, -0.25) is 0 Å². The second kappa shape index (κ2) is 2.86. The van der Waals surface area contributed by atoms with E-state index in [0.717, 1.165) is 0 Å². The molecule has 0 amide bonds. The topological polar surface area (TPSA) is 4.93 Å². The van der Waals surface area contributed by atoms with E-state index in [4.69, 9.17) is 0 Å². The fourth-order valence-electron chi connectivity index (χ4n) is 2.39. The lowest BCUT2D eigenvalue weighted by atomic mass is 10.1. The zero-order valence-electron chi connectivity index (χ0n) is 8.99. The SMILES string of the molecule is Cc1cccc2c1c1ccccc1n2C. The lowest BCUT2D eigenvalue weighted by Crippen LogP contribution is -1.85. The molecule has 0 spiro atoms. The summed E-state index contributed by atoms with van der Waals surface area (Å²) < 4.78 is 2.26. The molecule has 0 unspecified atom stereocenters. The molecule has 0 aliphatic carbocycles. The molecule has 15 heavy (non-hydrogen) atoms. The lowest BCUT2D eigenvalue weighted by molar-refractivity contribution is 1.01. The Morgan fingerprint density at radius 3 is 2.47 bits per heavy atom. The number of rotatable bonds is 0. The summed E-state index contributed by atoms with van der Waals surface area (Å²) in [6, 6.07) is 15.1. The Morgan fingerprint density at radius 1 is 0.867 bits per heavy atom. The Hall–Kier alpha value is -1.76. The summed E-state index contributed by atoms with van der Waals surface area (Å²) in [6.07, 6.45) is 0. The average molecular weight is 195 g/mol. The van der Waals surface area contributed by atoms with E-state index >= 15 is 0 Å². The van der Waals surface area contributed by atoms with Crippen LogP contribution in [0.25, 0.3) is 21.8 Å². The summed E-state index contributed by atoms with van der Waals surface area (Å²) in [5.74, 6) is 0. The van der Waals surface area contributed by atoms with Gasteiger partial charge in [-0.05, 0) is 24.6 Å². The van der Waals surface area contributed by atoms with Crippen LogP contribution in [-0.2, 0) is 7.05 Å². The minimum absolute atomic E-state index is 1.31. The van der Waals surface area contributed by atoms with E-state index in [1.807, 2.05) is 0 Å². The molecule has 0 N–H and O–H groups in total.